The van der Waals surface area contributed by atoms with Crippen molar-refractivity contribution in [1.82, 2.24) is 14.5 Å². The number of nitrogens with one attached hydrogen (secondary N) is 1. The standard InChI is InChI=1S/C22H28BrN3O3S/c1-25(2)30(28,29)19-14-17(13-18(23)15-19)22(27)24-21(16-9-5-4-6-10-16)20-11-7-8-12-26(20)3/h4-6,9-10,13-15,20-21H,7-8,11-12H2,1-3H3,(H,24,27). The van der Waals surface area contributed by atoms with Crippen LogP contribution < -0.4 is 5.32 Å². The van der Waals surface area contributed by atoms with Crippen LogP contribution in [0.5, 0.6) is 0 Å². The Morgan fingerprint density at radius 2 is 1.87 bits per heavy atom. The van der Waals surface area contributed by atoms with Gasteiger partial charge in [0, 0.05) is 30.2 Å². The molecule has 0 aliphatic carbocycles. The van der Waals surface area contributed by atoms with Crippen LogP contribution in [0.3, 0.4) is 0 Å². The molecule has 30 heavy (non-hydrogen) atoms. The van der Waals surface area contributed by atoms with Gasteiger partial charge >= 0.3 is 0 Å². The zero-order valence-electron chi connectivity index (χ0n) is 17.5. The first-order valence-corrected chi connectivity index (χ1v) is 12.2. The molecule has 0 saturated carbocycles. The second-order valence-corrected chi connectivity index (χ2v) is 10.9. The lowest BCUT2D eigenvalue weighted by Gasteiger charge is -2.38. The Morgan fingerprint density at radius 1 is 1.17 bits per heavy atom. The Bertz CT molecular complexity index is 996. The second kappa shape index (κ2) is 9.60. The lowest BCUT2D eigenvalue weighted by molar-refractivity contribution is 0.0870. The lowest BCUT2D eigenvalue weighted by atomic mass is 9.91. The molecule has 1 N–H and O–H groups in total. The number of likely N-dealkylation sites (N-methyl/N-ethyl adjacent to an activating group) is 1. The SMILES string of the molecule is CN1CCCCC1C(NC(=O)c1cc(Br)cc(S(=O)(=O)N(C)C)c1)c1ccccc1. The quantitative estimate of drug-likeness (QED) is 0.666. The van der Waals surface area contributed by atoms with Crippen LogP contribution >= 0.6 is 15.9 Å². The molecule has 1 saturated heterocycles. The number of rotatable bonds is 6. The first-order chi connectivity index (χ1) is 14.2. The van der Waals surface area contributed by atoms with E-state index in [9.17, 15) is 13.2 Å². The van der Waals surface area contributed by atoms with E-state index in [2.05, 4.69) is 33.2 Å². The van der Waals surface area contributed by atoms with Crippen molar-refractivity contribution in [2.45, 2.75) is 36.2 Å². The minimum atomic E-state index is -3.65. The molecule has 1 aliphatic rings. The number of hydrogen-bond donors (Lipinski definition) is 1. The molecule has 3 rings (SSSR count). The highest BCUT2D eigenvalue weighted by Gasteiger charge is 2.30. The van der Waals surface area contributed by atoms with E-state index in [1.54, 1.807) is 6.07 Å². The molecule has 0 radical (unpaired) electrons. The Morgan fingerprint density at radius 3 is 2.50 bits per heavy atom. The topological polar surface area (TPSA) is 69.7 Å². The van der Waals surface area contributed by atoms with E-state index < -0.39 is 10.0 Å². The van der Waals surface area contributed by atoms with Gasteiger partial charge in [-0.2, -0.15) is 0 Å². The van der Waals surface area contributed by atoms with Gasteiger partial charge in [-0.15, -0.1) is 0 Å². The van der Waals surface area contributed by atoms with E-state index in [0.717, 1.165) is 35.7 Å². The largest absolute Gasteiger partial charge is 0.344 e. The molecule has 162 valence electrons. The number of halogens is 1. The van der Waals surface area contributed by atoms with Crippen LogP contribution in [-0.4, -0.2) is 57.3 Å². The molecule has 6 nitrogen and oxygen atoms in total. The van der Waals surface area contributed by atoms with Gasteiger partial charge in [-0.25, -0.2) is 12.7 Å². The van der Waals surface area contributed by atoms with Gasteiger partial charge in [0.05, 0.1) is 10.9 Å². The maximum atomic E-state index is 13.2. The van der Waals surface area contributed by atoms with Gasteiger partial charge in [0.15, 0.2) is 0 Å². The van der Waals surface area contributed by atoms with Gasteiger partial charge in [0.1, 0.15) is 0 Å². The molecular weight excluding hydrogens is 466 g/mol. The summed E-state index contributed by atoms with van der Waals surface area (Å²) in [5.74, 6) is -0.292. The minimum absolute atomic E-state index is 0.0815. The van der Waals surface area contributed by atoms with Crippen molar-refractivity contribution in [3.05, 3.63) is 64.1 Å². The van der Waals surface area contributed by atoms with Gasteiger partial charge in [-0.05, 0) is 50.2 Å². The zero-order valence-corrected chi connectivity index (χ0v) is 19.9. The summed E-state index contributed by atoms with van der Waals surface area (Å²) in [7, 11) is 1.38. The number of piperidine rings is 1. The van der Waals surface area contributed by atoms with Crippen LogP contribution in [0.15, 0.2) is 57.9 Å². The van der Waals surface area contributed by atoms with Crippen molar-refractivity contribution in [3.63, 3.8) is 0 Å². The summed E-state index contributed by atoms with van der Waals surface area (Å²) in [5.41, 5.74) is 1.35. The minimum Gasteiger partial charge on any atom is -0.344 e. The van der Waals surface area contributed by atoms with E-state index in [0.29, 0.717) is 10.0 Å². The Kier molecular flexibility index (Phi) is 7.34. The van der Waals surface area contributed by atoms with Crippen LogP contribution in [0.4, 0.5) is 0 Å². The molecule has 2 aromatic rings. The molecule has 0 aromatic heterocycles. The van der Waals surface area contributed by atoms with Crippen molar-refractivity contribution in [2.24, 2.45) is 0 Å². The highest BCUT2D eigenvalue weighted by Crippen LogP contribution is 2.29. The highest BCUT2D eigenvalue weighted by molar-refractivity contribution is 9.10. The Labute approximate surface area is 187 Å². The number of carbonyl (C=O) groups excluding carboxylic acids is 1. The fourth-order valence-electron chi connectivity index (χ4n) is 3.86. The van der Waals surface area contributed by atoms with Crippen molar-refractivity contribution in [3.8, 4) is 0 Å². The number of amides is 1. The number of likely N-dealkylation sites (tertiary alicyclic amines) is 1. The maximum absolute atomic E-state index is 13.2. The van der Waals surface area contributed by atoms with Crippen molar-refractivity contribution in [2.75, 3.05) is 27.7 Å². The Hall–Kier alpha value is -1.74. The molecule has 1 amide bonds. The summed E-state index contributed by atoms with van der Waals surface area (Å²) >= 11 is 3.35. The van der Waals surface area contributed by atoms with Gasteiger partial charge < -0.3 is 10.2 Å². The second-order valence-electron chi connectivity index (χ2n) is 7.87. The third-order valence-electron chi connectivity index (χ3n) is 5.57. The van der Waals surface area contributed by atoms with E-state index in [1.807, 2.05) is 30.3 Å². The van der Waals surface area contributed by atoms with E-state index in [1.165, 1.54) is 26.2 Å². The third-order valence-corrected chi connectivity index (χ3v) is 7.82. The molecule has 1 fully saturated rings. The van der Waals surface area contributed by atoms with Crippen molar-refractivity contribution < 1.29 is 13.2 Å². The number of nitrogens with zero attached hydrogens (tertiary/aromatic N) is 2. The van der Waals surface area contributed by atoms with E-state index in [-0.39, 0.29) is 22.9 Å². The molecule has 0 bridgehead atoms. The van der Waals surface area contributed by atoms with Crippen LogP contribution in [0.1, 0.15) is 41.2 Å². The molecule has 2 atom stereocenters. The summed E-state index contributed by atoms with van der Waals surface area (Å²) in [4.78, 5) is 15.6. The number of sulfonamides is 1. The van der Waals surface area contributed by atoms with Crippen molar-refractivity contribution in [1.29, 1.82) is 0 Å². The predicted molar refractivity (Wildman–Crippen MR) is 122 cm³/mol. The molecule has 2 unspecified atom stereocenters. The third kappa shape index (κ3) is 5.11. The van der Waals surface area contributed by atoms with Crippen molar-refractivity contribution >= 4 is 31.9 Å². The normalized spacial score (nSPS) is 18.9. The highest BCUT2D eigenvalue weighted by atomic mass is 79.9. The van der Waals surface area contributed by atoms with E-state index >= 15 is 0 Å². The summed E-state index contributed by atoms with van der Waals surface area (Å²) in [6, 6.07) is 14.5. The summed E-state index contributed by atoms with van der Waals surface area (Å²) < 4.78 is 26.8. The predicted octanol–water partition coefficient (Wildman–Crippen LogP) is 3.65. The maximum Gasteiger partial charge on any atom is 0.251 e. The average molecular weight is 494 g/mol. The number of benzene rings is 2. The summed E-state index contributed by atoms with van der Waals surface area (Å²) in [6.45, 7) is 0.992. The molecule has 8 heteroatoms. The molecular formula is C22H28BrN3O3S. The summed E-state index contributed by atoms with van der Waals surface area (Å²) in [6.07, 6.45) is 3.27. The Balaban J connectivity index is 1.94. The molecule has 1 aliphatic heterocycles. The summed E-state index contributed by atoms with van der Waals surface area (Å²) in [5, 5.41) is 3.17. The van der Waals surface area contributed by atoms with Crippen LogP contribution in [0.2, 0.25) is 0 Å². The van der Waals surface area contributed by atoms with E-state index in [4.69, 9.17) is 0 Å². The average Bonchev–Trinajstić information content (AvgIpc) is 2.72. The zero-order chi connectivity index (χ0) is 21.9. The number of carbonyl (C=O) groups is 1. The smallest absolute Gasteiger partial charge is 0.251 e. The fraction of sp³-hybridized carbons (Fsp3) is 0.409. The van der Waals surface area contributed by atoms with Crippen LogP contribution in [0.25, 0.3) is 0 Å². The van der Waals surface area contributed by atoms with Crippen LogP contribution in [0, 0.1) is 0 Å². The van der Waals surface area contributed by atoms with Gasteiger partial charge in [0.2, 0.25) is 10.0 Å². The number of hydrogen-bond acceptors (Lipinski definition) is 4. The molecule has 0 spiro atoms. The fourth-order valence-corrected chi connectivity index (χ4v) is 5.48. The van der Waals surface area contributed by atoms with Gasteiger partial charge in [0.25, 0.3) is 5.91 Å². The van der Waals surface area contributed by atoms with Crippen LogP contribution in [-0.2, 0) is 10.0 Å². The first kappa shape index (κ1) is 22.9. The van der Waals surface area contributed by atoms with Gasteiger partial charge in [-0.1, -0.05) is 52.7 Å². The molecule has 2 aromatic carbocycles. The first-order valence-electron chi connectivity index (χ1n) is 9.99. The molecule has 1 heterocycles. The van der Waals surface area contributed by atoms with Gasteiger partial charge in [-0.3, -0.25) is 4.79 Å². The lowest BCUT2D eigenvalue weighted by Crippen LogP contribution is -2.47. The monoisotopic (exact) mass is 493 g/mol.